The summed E-state index contributed by atoms with van der Waals surface area (Å²) in [6.07, 6.45) is 4.79. The van der Waals surface area contributed by atoms with Crippen molar-refractivity contribution in [2.24, 2.45) is 4.99 Å². The summed E-state index contributed by atoms with van der Waals surface area (Å²) in [7, 11) is 1.78. The van der Waals surface area contributed by atoms with E-state index in [1.165, 1.54) is 4.88 Å². The van der Waals surface area contributed by atoms with Crippen LogP contribution < -0.4 is 10.6 Å². The first kappa shape index (κ1) is 18.1. The quantitative estimate of drug-likeness (QED) is 0.519. The lowest BCUT2D eigenvalue weighted by molar-refractivity contribution is 0.790. The zero-order chi connectivity index (χ0) is 18.4. The smallest absolute Gasteiger partial charge is 0.191 e. The minimum absolute atomic E-state index is 0.669. The molecule has 26 heavy (non-hydrogen) atoms. The van der Waals surface area contributed by atoms with Crippen molar-refractivity contribution in [3.8, 4) is 5.69 Å². The third-order valence-corrected chi connectivity index (χ3v) is 5.18. The number of hydrogen-bond acceptors (Lipinski definition) is 4. The van der Waals surface area contributed by atoms with Crippen molar-refractivity contribution in [3.05, 3.63) is 63.9 Å². The number of thiazole rings is 1. The van der Waals surface area contributed by atoms with E-state index in [-0.39, 0.29) is 0 Å². The van der Waals surface area contributed by atoms with E-state index in [0.717, 1.165) is 40.9 Å². The number of benzene rings is 1. The molecule has 1 aromatic carbocycles. The topological polar surface area (TPSA) is 67.1 Å². The SMILES string of the molecule is CN=C(NCCc1nc(C)c(C)s1)NCc1cnn(-c2ccccc2)c1. The maximum Gasteiger partial charge on any atom is 0.191 e. The summed E-state index contributed by atoms with van der Waals surface area (Å²) in [6, 6.07) is 10.1. The molecule has 7 heteroatoms. The molecule has 0 fully saturated rings. The third kappa shape index (κ3) is 4.70. The largest absolute Gasteiger partial charge is 0.356 e. The molecule has 136 valence electrons. The molecule has 0 amide bonds. The number of hydrogen-bond donors (Lipinski definition) is 2. The normalized spacial score (nSPS) is 11.6. The van der Waals surface area contributed by atoms with Crippen LogP contribution in [0.15, 0.2) is 47.7 Å². The van der Waals surface area contributed by atoms with Crippen LogP contribution >= 0.6 is 11.3 Å². The van der Waals surface area contributed by atoms with Crippen molar-refractivity contribution in [3.63, 3.8) is 0 Å². The molecule has 2 heterocycles. The molecule has 0 saturated carbocycles. The zero-order valence-electron chi connectivity index (χ0n) is 15.4. The molecular formula is C19H24N6S. The van der Waals surface area contributed by atoms with Crippen LogP contribution in [0.4, 0.5) is 0 Å². The zero-order valence-corrected chi connectivity index (χ0v) is 16.2. The molecule has 0 aliphatic heterocycles. The van der Waals surface area contributed by atoms with Gasteiger partial charge in [0.15, 0.2) is 5.96 Å². The van der Waals surface area contributed by atoms with Gasteiger partial charge in [0.25, 0.3) is 0 Å². The van der Waals surface area contributed by atoms with Crippen molar-refractivity contribution in [1.82, 2.24) is 25.4 Å². The van der Waals surface area contributed by atoms with Gasteiger partial charge in [-0.1, -0.05) is 18.2 Å². The van der Waals surface area contributed by atoms with Crippen molar-refractivity contribution < 1.29 is 0 Å². The van der Waals surface area contributed by atoms with Crippen molar-refractivity contribution in [2.75, 3.05) is 13.6 Å². The highest BCUT2D eigenvalue weighted by Crippen LogP contribution is 2.16. The lowest BCUT2D eigenvalue weighted by atomic mass is 10.3. The number of nitrogens with one attached hydrogen (secondary N) is 2. The Bertz CT molecular complexity index is 846. The minimum Gasteiger partial charge on any atom is -0.356 e. The second kappa shape index (κ2) is 8.62. The van der Waals surface area contributed by atoms with E-state index in [1.54, 1.807) is 18.4 Å². The Morgan fingerprint density at radius 3 is 2.69 bits per heavy atom. The molecule has 3 aromatic rings. The summed E-state index contributed by atoms with van der Waals surface area (Å²) in [5, 5.41) is 12.2. The fraction of sp³-hybridized carbons (Fsp3) is 0.316. The average molecular weight is 369 g/mol. The van der Waals surface area contributed by atoms with E-state index in [2.05, 4.69) is 39.6 Å². The first-order valence-electron chi connectivity index (χ1n) is 8.62. The van der Waals surface area contributed by atoms with E-state index >= 15 is 0 Å². The van der Waals surface area contributed by atoms with Crippen LogP contribution in [0.5, 0.6) is 0 Å². The van der Waals surface area contributed by atoms with Gasteiger partial charge < -0.3 is 10.6 Å². The molecule has 0 aliphatic carbocycles. The molecule has 0 atom stereocenters. The predicted molar refractivity (Wildman–Crippen MR) is 107 cm³/mol. The van der Waals surface area contributed by atoms with Gasteiger partial charge in [-0.05, 0) is 26.0 Å². The lowest BCUT2D eigenvalue weighted by Crippen LogP contribution is -2.37. The summed E-state index contributed by atoms with van der Waals surface area (Å²) in [4.78, 5) is 10.1. The maximum absolute atomic E-state index is 4.57. The number of aryl methyl sites for hydroxylation is 2. The summed E-state index contributed by atoms with van der Waals surface area (Å²) in [5.74, 6) is 0.780. The number of rotatable bonds is 6. The maximum atomic E-state index is 4.57. The second-order valence-electron chi connectivity index (χ2n) is 5.98. The minimum atomic E-state index is 0.669. The summed E-state index contributed by atoms with van der Waals surface area (Å²) >= 11 is 1.76. The van der Waals surface area contributed by atoms with Gasteiger partial charge in [-0.2, -0.15) is 5.10 Å². The van der Waals surface area contributed by atoms with Gasteiger partial charge in [0, 0.05) is 43.2 Å². The van der Waals surface area contributed by atoms with E-state index in [4.69, 9.17) is 0 Å². The summed E-state index contributed by atoms with van der Waals surface area (Å²) in [5.41, 5.74) is 3.28. The lowest BCUT2D eigenvalue weighted by Gasteiger charge is -2.10. The first-order chi connectivity index (χ1) is 12.7. The molecular weight excluding hydrogens is 344 g/mol. The van der Waals surface area contributed by atoms with Crippen LogP contribution in [0, 0.1) is 13.8 Å². The third-order valence-electron chi connectivity index (χ3n) is 4.04. The molecule has 0 spiro atoms. The number of guanidine groups is 1. The van der Waals surface area contributed by atoms with Gasteiger partial charge in [0.1, 0.15) is 0 Å². The Morgan fingerprint density at radius 2 is 2.00 bits per heavy atom. The Morgan fingerprint density at radius 1 is 1.19 bits per heavy atom. The standard InChI is InChI=1S/C19H24N6S/c1-14-15(2)26-18(24-14)9-10-21-19(20-3)22-11-16-12-23-25(13-16)17-7-5-4-6-8-17/h4-8,12-13H,9-11H2,1-3H3,(H2,20,21,22). The first-order valence-corrected chi connectivity index (χ1v) is 9.44. The Kier molecular flexibility index (Phi) is 6.01. The fourth-order valence-corrected chi connectivity index (χ4v) is 3.45. The number of nitrogens with zero attached hydrogens (tertiary/aromatic N) is 4. The number of aliphatic imine (C=N–C) groups is 1. The van der Waals surface area contributed by atoms with Gasteiger partial charge >= 0.3 is 0 Å². The van der Waals surface area contributed by atoms with Gasteiger partial charge in [-0.25, -0.2) is 9.67 Å². The monoisotopic (exact) mass is 368 g/mol. The van der Waals surface area contributed by atoms with Crippen molar-refractivity contribution in [1.29, 1.82) is 0 Å². The van der Waals surface area contributed by atoms with Gasteiger partial charge in [-0.15, -0.1) is 11.3 Å². The Labute approximate surface area is 158 Å². The van der Waals surface area contributed by atoms with Crippen molar-refractivity contribution in [2.45, 2.75) is 26.8 Å². The molecule has 0 unspecified atom stereocenters. The van der Waals surface area contributed by atoms with Crippen LogP contribution in [0.1, 0.15) is 21.1 Å². The average Bonchev–Trinajstić information content (AvgIpc) is 3.25. The van der Waals surface area contributed by atoms with E-state index in [0.29, 0.717) is 6.54 Å². The van der Waals surface area contributed by atoms with Crippen LogP contribution in [0.25, 0.3) is 5.69 Å². The number of para-hydroxylation sites is 1. The molecule has 2 aromatic heterocycles. The molecule has 2 N–H and O–H groups in total. The van der Waals surface area contributed by atoms with Crippen LogP contribution in [0.2, 0.25) is 0 Å². The van der Waals surface area contributed by atoms with Gasteiger partial charge in [0.05, 0.1) is 22.6 Å². The molecule has 0 bridgehead atoms. The van der Waals surface area contributed by atoms with Crippen LogP contribution in [0.3, 0.4) is 0 Å². The van der Waals surface area contributed by atoms with Crippen molar-refractivity contribution >= 4 is 17.3 Å². The van der Waals surface area contributed by atoms with Crippen LogP contribution in [-0.2, 0) is 13.0 Å². The molecule has 0 radical (unpaired) electrons. The Hall–Kier alpha value is -2.67. The number of aromatic nitrogens is 3. The molecule has 0 aliphatic rings. The highest BCUT2D eigenvalue weighted by Gasteiger charge is 2.05. The highest BCUT2D eigenvalue weighted by molar-refractivity contribution is 7.11. The van der Waals surface area contributed by atoms with Gasteiger partial charge in [0.2, 0.25) is 0 Å². The molecule has 3 rings (SSSR count). The second-order valence-corrected chi connectivity index (χ2v) is 7.27. The molecule has 6 nitrogen and oxygen atoms in total. The molecule has 0 saturated heterocycles. The van der Waals surface area contributed by atoms with E-state index in [9.17, 15) is 0 Å². The Balaban J connectivity index is 1.47. The van der Waals surface area contributed by atoms with E-state index < -0.39 is 0 Å². The summed E-state index contributed by atoms with van der Waals surface area (Å²) < 4.78 is 1.88. The fourth-order valence-electron chi connectivity index (χ4n) is 2.51. The summed E-state index contributed by atoms with van der Waals surface area (Å²) in [6.45, 7) is 5.64. The predicted octanol–water partition coefficient (Wildman–Crippen LogP) is 2.85. The van der Waals surface area contributed by atoms with Gasteiger partial charge in [-0.3, -0.25) is 4.99 Å². The van der Waals surface area contributed by atoms with Crippen LogP contribution in [-0.4, -0.2) is 34.3 Å². The van der Waals surface area contributed by atoms with E-state index in [1.807, 2.05) is 47.4 Å². The highest BCUT2D eigenvalue weighted by atomic mass is 32.1.